The summed E-state index contributed by atoms with van der Waals surface area (Å²) >= 11 is 0. The number of rotatable bonds is 2. The first-order valence-electron chi connectivity index (χ1n) is 8.59. The first-order chi connectivity index (χ1) is 12.3. The Bertz CT molecular complexity index is 777. The standard InChI is InChI=1S/C21H22N2O2/c24-16-18-9-6-14-23(15-18)21(25)22-20-11-5-4-10-19(20)13-12-17-7-2-1-3-8-17/h1-5,7-8,10-11,18,24H,6,9,14-16H2,(H,22,25). The maximum absolute atomic E-state index is 12.5. The largest absolute Gasteiger partial charge is 0.396 e. The molecular formula is C21H22N2O2. The molecule has 3 rings (SSSR count). The molecule has 4 nitrogen and oxygen atoms in total. The summed E-state index contributed by atoms with van der Waals surface area (Å²) in [6.07, 6.45) is 1.90. The molecule has 0 bridgehead atoms. The number of anilines is 1. The summed E-state index contributed by atoms with van der Waals surface area (Å²) in [6, 6.07) is 17.2. The lowest BCUT2D eigenvalue weighted by molar-refractivity contribution is 0.136. The maximum atomic E-state index is 12.5. The lowest BCUT2D eigenvalue weighted by atomic mass is 9.99. The van der Waals surface area contributed by atoms with Gasteiger partial charge in [-0.05, 0) is 43.0 Å². The van der Waals surface area contributed by atoms with Gasteiger partial charge in [0.15, 0.2) is 0 Å². The number of nitrogens with one attached hydrogen (secondary N) is 1. The molecule has 25 heavy (non-hydrogen) atoms. The number of likely N-dealkylation sites (tertiary alicyclic amines) is 1. The molecule has 0 saturated carbocycles. The number of aliphatic hydroxyl groups excluding tert-OH is 1. The van der Waals surface area contributed by atoms with E-state index in [1.54, 1.807) is 4.90 Å². The highest BCUT2D eigenvalue weighted by Gasteiger charge is 2.23. The van der Waals surface area contributed by atoms with Crippen LogP contribution >= 0.6 is 0 Å². The number of hydrogen-bond donors (Lipinski definition) is 2. The van der Waals surface area contributed by atoms with Crippen molar-refractivity contribution >= 4 is 11.7 Å². The van der Waals surface area contributed by atoms with Gasteiger partial charge in [0.1, 0.15) is 0 Å². The molecule has 2 N–H and O–H groups in total. The smallest absolute Gasteiger partial charge is 0.321 e. The van der Waals surface area contributed by atoms with E-state index in [4.69, 9.17) is 0 Å². The van der Waals surface area contributed by atoms with E-state index < -0.39 is 0 Å². The Morgan fingerprint density at radius 1 is 1.12 bits per heavy atom. The number of para-hydroxylation sites is 1. The fourth-order valence-electron chi connectivity index (χ4n) is 2.95. The third-order valence-electron chi connectivity index (χ3n) is 4.35. The van der Waals surface area contributed by atoms with Crippen molar-refractivity contribution in [2.75, 3.05) is 25.0 Å². The van der Waals surface area contributed by atoms with Crippen molar-refractivity contribution in [3.63, 3.8) is 0 Å². The third-order valence-corrected chi connectivity index (χ3v) is 4.35. The number of piperidine rings is 1. The van der Waals surface area contributed by atoms with Crippen LogP contribution in [0.15, 0.2) is 54.6 Å². The van der Waals surface area contributed by atoms with E-state index in [0.717, 1.165) is 30.5 Å². The van der Waals surface area contributed by atoms with Gasteiger partial charge in [0.25, 0.3) is 0 Å². The fraction of sp³-hybridized carbons (Fsp3) is 0.286. The Morgan fingerprint density at radius 3 is 2.68 bits per heavy atom. The number of urea groups is 1. The zero-order valence-electron chi connectivity index (χ0n) is 14.1. The molecule has 1 aliphatic rings. The Kier molecular flexibility index (Phi) is 5.71. The van der Waals surface area contributed by atoms with Crippen molar-refractivity contribution in [3.8, 4) is 11.8 Å². The van der Waals surface area contributed by atoms with Crippen molar-refractivity contribution in [2.45, 2.75) is 12.8 Å². The highest BCUT2D eigenvalue weighted by molar-refractivity contribution is 5.91. The lowest BCUT2D eigenvalue weighted by Crippen LogP contribution is -2.43. The summed E-state index contributed by atoms with van der Waals surface area (Å²) in [5.74, 6) is 6.43. The summed E-state index contributed by atoms with van der Waals surface area (Å²) in [6.45, 7) is 1.45. The number of carbonyl (C=O) groups excluding carboxylic acids is 1. The molecule has 4 heteroatoms. The summed E-state index contributed by atoms with van der Waals surface area (Å²) in [7, 11) is 0. The topological polar surface area (TPSA) is 52.6 Å². The highest BCUT2D eigenvalue weighted by Crippen LogP contribution is 2.19. The quantitative estimate of drug-likeness (QED) is 0.828. The molecule has 0 aromatic heterocycles. The number of hydrogen-bond acceptors (Lipinski definition) is 2. The average Bonchev–Trinajstić information content (AvgIpc) is 2.68. The van der Waals surface area contributed by atoms with Crippen molar-refractivity contribution in [1.29, 1.82) is 0 Å². The molecule has 1 heterocycles. The van der Waals surface area contributed by atoms with Crippen LogP contribution in [0.2, 0.25) is 0 Å². The van der Waals surface area contributed by atoms with E-state index in [1.165, 1.54) is 0 Å². The minimum Gasteiger partial charge on any atom is -0.396 e. The van der Waals surface area contributed by atoms with Crippen LogP contribution in [-0.2, 0) is 0 Å². The van der Waals surface area contributed by atoms with Gasteiger partial charge in [-0.25, -0.2) is 4.79 Å². The van der Waals surface area contributed by atoms with Gasteiger partial charge < -0.3 is 15.3 Å². The third kappa shape index (κ3) is 4.62. The first-order valence-corrected chi connectivity index (χ1v) is 8.59. The summed E-state index contributed by atoms with van der Waals surface area (Å²) < 4.78 is 0. The van der Waals surface area contributed by atoms with Crippen LogP contribution in [0.4, 0.5) is 10.5 Å². The van der Waals surface area contributed by atoms with Crippen LogP contribution in [0.1, 0.15) is 24.0 Å². The van der Waals surface area contributed by atoms with Crippen molar-refractivity contribution in [3.05, 3.63) is 65.7 Å². The van der Waals surface area contributed by atoms with Crippen molar-refractivity contribution in [1.82, 2.24) is 4.90 Å². The molecule has 1 aliphatic heterocycles. The lowest BCUT2D eigenvalue weighted by Gasteiger charge is -2.31. The van der Waals surface area contributed by atoms with E-state index in [9.17, 15) is 9.90 Å². The minimum absolute atomic E-state index is 0.128. The van der Waals surface area contributed by atoms with Crippen molar-refractivity contribution < 1.29 is 9.90 Å². The normalized spacial score (nSPS) is 16.7. The Morgan fingerprint density at radius 2 is 1.88 bits per heavy atom. The summed E-state index contributed by atoms with van der Waals surface area (Å²) in [5, 5.41) is 12.3. The number of benzene rings is 2. The van der Waals surface area contributed by atoms with Crippen LogP contribution in [-0.4, -0.2) is 35.7 Å². The maximum Gasteiger partial charge on any atom is 0.321 e. The molecule has 1 unspecified atom stereocenters. The van der Waals surface area contributed by atoms with E-state index >= 15 is 0 Å². The van der Waals surface area contributed by atoms with Gasteiger partial charge in [-0.1, -0.05) is 42.2 Å². The highest BCUT2D eigenvalue weighted by atomic mass is 16.3. The van der Waals surface area contributed by atoms with Gasteiger partial charge in [0, 0.05) is 30.8 Å². The molecule has 0 aliphatic carbocycles. The van der Waals surface area contributed by atoms with Crippen LogP contribution in [0, 0.1) is 17.8 Å². The second-order valence-corrected chi connectivity index (χ2v) is 6.23. The van der Waals surface area contributed by atoms with Gasteiger partial charge in [-0.15, -0.1) is 0 Å². The molecule has 1 atom stereocenters. The zero-order chi connectivity index (χ0) is 17.5. The first kappa shape index (κ1) is 17.1. The van der Waals surface area contributed by atoms with Gasteiger partial charge in [-0.3, -0.25) is 0 Å². The Balaban J connectivity index is 1.73. The summed E-state index contributed by atoms with van der Waals surface area (Å²) in [4.78, 5) is 14.3. The second kappa shape index (κ2) is 8.36. The second-order valence-electron chi connectivity index (χ2n) is 6.23. The SMILES string of the molecule is O=C(Nc1ccccc1C#Cc1ccccc1)N1CCCC(CO)C1. The predicted octanol–water partition coefficient (Wildman–Crippen LogP) is 3.32. The molecule has 128 valence electrons. The van der Waals surface area contributed by atoms with E-state index in [0.29, 0.717) is 12.2 Å². The number of amides is 2. The fourth-order valence-corrected chi connectivity index (χ4v) is 2.95. The van der Waals surface area contributed by atoms with E-state index in [-0.39, 0.29) is 18.6 Å². The van der Waals surface area contributed by atoms with Gasteiger partial charge in [0.2, 0.25) is 0 Å². The molecule has 1 fully saturated rings. The summed E-state index contributed by atoms with van der Waals surface area (Å²) in [5.41, 5.74) is 2.43. The molecule has 0 radical (unpaired) electrons. The van der Waals surface area contributed by atoms with Crippen LogP contribution in [0.3, 0.4) is 0 Å². The predicted molar refractivity (Wildman–Crippen MR) is 99.3 cm³/mol. The minimum atomic E-state index is -0.132. The van der Waals surface area contributed by atoms with Crippen LogP contribution < -0.4 is 5.32 Å². The monoisotopic (exact) mass is 334 g/mol. The van der Waals surface area contributed by atoms with Crippen LogP contribution in [0.25, 0.3) is 0 Å². The molecule has 1 saturated heterocycles. The van der Waals surface area contributed by atoms with Gasteiger partial charge in [0.05, 0.1) is 5.69 Å². The van der Waals surface area contributed by atoms with Gasteiger partial charge >= 0.3 is 6.03 Å². The number of carbonyl (C=O) groups is 1. The Labute approximate surface area is 148 Å². The molecule has 0 spiro atoms. The van der Waals surface area contributed by atoms with E-state index in [2.05, 4.69) is 17.2 Å². The van der Waals surface area contributed by atoms with Crippen molar-refractivity contribution in [2.24, 2.45) is 5.92 Å². The molecule has 2 aromatic rings. The number of nitrogens with zero attached hydrogens (tertiary/aromatic N) is 1. The molecule has 2 aromatic carbocycles. The van der Waals surface area contributed by atoms with Gasteiger partial charge in [-0.2, -0.15) is 0 Å². The average molecular weight is 334 g/mol. The Hall–Kier alpha value is -2.77. The molecule has 2 amide bonds. The number of aliphatic hydroxyl groups is 1. The van der Waals surface area contributed by atoms with E-state index in [1.807, 2.05) is 54.6 Å². The molecular weight excluding hydrogens is 312 g/mol. The zero-order valence-corrected chi connectivity index (χ0v) is 14.1. The van der Waals surface area contributed by atoms with Crippen LogP contribution in [0.5, 0.6) is 0 Å².